The van der Waals surface area contributed by atoms with Gasteiger partial charge in [0.2, 0.25) is 0 Å². The Kier molecular flexibility index (Phi) is 5.97. The largest absolute Gasteiger partial charge is 0.313 e. The van der Waals surface area contributed by atoms with Gasteiger partial charge in [-0.25, -0.2) is 8.42 Å². The van der Waals surface area contributed by atoms with Crippen LogP contribution in [0.1, 0.15) is 47.1 Å². The molecule has 0 fully saturated rings. The molecule has 0 radical (unpaired) electrons. The van der Waals surface area contributed by atoms with E-state index >= 15 is 0 Å². The first-order chi connectivity index (χ1) is 12.3. The first-order valence-corrected chi connectivity index (χ1v) is 11.5. The molecule has 0 heterocycles. The van der Waals surface area contributed by atoms with E-state index in [9.17, 15) is 8.42 Å². The Morgan fingerprint density at radius 1 is 1.04 bits per heavy atom. The molecular formula is C20H23Cl2NO2S. The number of hydrogen-bond acceptors (Lipinski definition) is 3. The minimum absolute atomic E-state index is 0.173. The molecule has 1 aliphatic carbocycles. The third-order valence-corrected chi connectivity index (χ3v) is 6.79. The van der Waals surface area contributed by atoms with Crippen LogP contribution in [0.3, 0.4) is 0 Å². The maximum absolute atomic E-state index is 11.5. The summed E-state index contributed by atoms with van der Waals surface area (Å²) in [6.07, 6.45) is 3.87. The van der Waals surface area contributed by atoms with Gasteiger partial charge >= 0.3 is 0 Å². The molecule has 0 bridgehead atoms. The number of halogens is 2. The fourth-order valence-electron chi connectivity index (χ4n) is 3.72. The van der Waals surface area contributed by atoms with Crippen LogP contribution in [-0.2, 0) is 16.3 Å². The quantitative estimate of drug-likeness (QED) is 0.770. The van der Waals surface area contributed by atoms with Gasteiger partial charge in [0.15, 0.2) is 0 Å². The lowest BCUT2D eigenvalue weighted by molar-refractivity contribution is 0.470. The van der Waals surface area contributed by atoms with Crippen LogP contribution < -0.4 is 5.32 Å². The van der Waals surface area contributed by atoms with Crippen LogP contribution in [0.25, 0.3) is 0 Å². The van der Waals surface area contributed by atoms with Crippen molar-refractivity contribution in [2.24, 2.45) is 0 Å². The number of fused-ring (bicyclic) bond motifs is 1. The predicted octanol–water partition coefficient (Wildman–Crippen LogP) is 4.77. The second kappa shape index (κ2) is 7.89. The van der Waals surface area contributed by atoms with E-state index in [2.05, 4.69) is 17.4 Å². The van der Waals surface area contributed by atoms with E-state index < -0.39 is 9.84 Å². The summed E-state index contributed by atoms with van der Waals surface area (Å²) in [6.45, 7) is 0. The van der Waals surface area contributed by atoms with Crippen LogP contribution in [0, 0.1) is 0 Å². The van der Waals surface area contributed by atoms with Gasteiger partial charge in [-0.2, -0.15) is 0 Å². The molecule has 0 aromatic heterocycles. The Morgan fingerprint density at radius 3 is 2.46 bits per heavy atom. The van der Waals surface area contributed by atoms with Crippen molar-refractivity contribution in [3.8, 4) is 0 Å². The van der Waals surface area contributed by atoms with E-state index in [1.807, 2.05) is 31.3 Å². The fourth-order valence-corrected chi connectivity index (χ4v) is 4.63. The molecule has 3 nitrogen and oxygen atoms in total. The lowest BCUT2D eigenvalue weighted by Crippen LogP contribution is -2.24. The maximum atomic E-state index is 11.5. The standard InChI is InChI=1S/C20H23Cl2NO2S/c1-23-20-8-6-15(14-4-7-18(21)19(22)12-14)16-5-3-13(11-17(16)20)9-10-26(2,24)25/h3-5,7,11-12,15,20,23H,6,8-10H2,1-2H3/t15-,20-/m0/s1. The van der Waals surface area contributed by atoms with Gasteiger partial charge in [0, 0.05) is 18.2 Å². The molecule has 3 rings (SSSR count). The molecule has 2 atom stereocenters. The molecule has 140 valence electrons. The zero-order valence-electron chi connectivity index (χ0n) is 14.9. The third kappa shape index (κ3) is 4.42. The van der Waals surface area contributed by atoms with Crippen LogP contribution in [0.5, 0.6) is 0 Å². The highest BCUT2D eigenvalue weighted by Crippen LogP contribution is 2.42. The van der Waals surface area contributed by atoms with E-state index in [1.165, 1.54) is 22.9 Å². The molecule has 2 aromatic rings. The van der Waals surface area contributed by atoms with Crippen LogP contribution in [0.2, 0.25) is 10.0 Å². The normalized spacial score (nSPS) is 20.0. The van der Waals surface area contributed by atoms with Gasteiger partial charge < -0.3 is 5.32 Å². The highest BCUT2D eigenvalue weighted by Gasteiger charge is 2.28. The summed E-state index contributed by atoms with van der Waals surface area (Å²) in [5.74, 6) is 0.444. The highest BCUT2D eigenvalue weighted by molar-refractivity contribution is 7.90. The van der Waals surface area contributed by atoms with Crippen molar-refractivity contribution in [2.75, 3.05) is 19.1 Å². The van der Waals surface area contributed by atoms with Crippen molar-refractivity contribution in [3.63, 3.8) is 0 Å². The third-order valence-electron chi connectivity index (χ3n) is 5.10. The van der Waals surface area contributed by atoms with Gasteiger partial charge in [0.25, 0.3) is 0 Å². The van der Waals surface area contributed by atoms with Crippen molar-refractivity contribution >= 4 is 33.0 Å². The molecule has 0 amide bonds. The van der Waals surface area contributed by atoms with E-state index in [0.29, 0.717) is 16.5 Å². The van der Waals surface area contributed by atoms with Gasteiger partial charge in [0.1, 0.15) is 9.84 Å². The minimum atomic E-state index is -2.97. The second-order valence-corrected chi connectivity index (χ2v) is 10.1. The van der Waals surface area contributed by atoms with Gasteiger partial charge in [-0.1, -0.05) is 47.5 Å². The average molecular weight is 412 g/mol. The monoisotopic (exact) mass is 411 g/mol. The SMILES string of the molecule is CN[C@H]1CC[C@@H](c2ccc(Cl)c(Cl)c2)c2ccc(CCS(C)(=O)=O)cc21. The zero-order chi connectivity index (χ0) is 18.9. The summed E-state index contributed by atoms with van der Waals surface area (Å²) in [6, 6.07) is 12.5. The van der Waals surface area contributed by atoms with Crippen molar-refractivity contribution in [1.82, 2.24) is 5.32 Å². The average Bonchev–Trinajstić information content (AvgIpc) is 2.60. The second-order valence-electron chi connectivity index (χ2n) is 6.99. The molecule has 0 saturated heterocycles. The molecular weight excluding hydrogens is 389 g/mol. The number of benzene rings is 2. The van der Waals surface area contributed by atoms with Crippen LogP contribution in [0.4, 0.5) is 0 Å². The zero-order valence-corrected chi connectivity index (χ0v) is 17.3. The molecule has 0 unspecified atom stereocenters. The van der Waals surface area contributed by atoms with Crippen molar-refractivity contribution in [1.29, 1.82) is 0 Å². The molecule has 6 heteroatoms. The number of hydrogen-bond donors (Lipinski definition) is 1. The molecule has 0 spiro atoms. The number of rotatable bonds is 5. The summed E-state index contributed by atoms with van der Waals surface area (Å²) < 4.78 is 22.9. The summed E-state index contributed by atoms with van der Waals surface area (Å²) in [7, 11) is -0.999. The summed E-state index contributed by atoms with van der Waals surface area (Å²) >= 11 is 12.3. The van der Waals surface area contributed by atoms with Gasteiger partial charge in [0.05, 0.1) is 15.8 Å². The summed E-state index contributed by atoms with van der Waals surface area (Å²) in [5, 5.41) is 4.53. The number of aryl methyl sites for hydroxylation is 1. The summed E-state index contributed by atoms with van der Waals surface area (Å²) in [5.41, 5.74) is 4.75. The van der Waals surface area contributed by atoms with Crippen molar-refractivity contribution < 1.29 is 8.42 Å². The maximum Gasteiger partial charge on any atom is 0.147 e. The number of sulfone groups is 1. The Balaban J connectivity index is 1.97. The highest BCUT2D eigenvalue weighted by atomic mass is 35.5. The molecule has 26 heavy (non-hydrogen) atoms. The Morgan fingerprint density at radius 2 is 1.81 bits per heavy atom. The van der Waals surface area contributed by atoms with E-state index in [0.717, 1.165) is 18.4 Å². The van der Waals surface area contributed by atoms with Crippen LogP contribution >= 0.6 is 23.2 Å². The number of nitrogens with one attached hydrogen (secondary N) is 1. The summed E-state index contributed by atoms with van der Waals surface area (Å²) in [4.78, 5) is 0. The first kappa shape index (κ1) is 19.7. The van der Waals surface area contributed by atoms with Gasteiger partial charge in [-0.15, -0.1) is 0 Å². The molecule has 2 aromatic carbocycles. The van der Waals surface area contributed by atoms with Crippen molar-refractivity contribution in [3.05, 3.63) is 68.7 Å². The van der Waals surface area contributed by atoms with Crippen molar-refractivity contribution in [2.45, 2.75) is 31.2 Å². The Hall–Kier alpha value is -1.07. The van der Waals surface area contributed by atoms with E-state index in [-0.39, 0.29) is 17.7 Å². The lowest BCUT2D eigenvalue weighted by Gasteiger charge is -2.32. The van der Waals surface area contributed by atoms with Crippen LogP contribution in [0.15, 0.2) is 36.4 Å². The van der Waals surface area contributed by atoms with Gasteiger partial charge in [-0.05, 0) is 60.7 Å². The molecule has 1 N–H and O–H groups in total. The molecule has 0 aliphatic heterocycles. The van der Waals surface area contributed by atoms with E-state index in [4.69, 9.17) is 23.2 Å². The molecule has 1 aliphatic rings. The lowest BCUT2D eigenvalue weighted by atomic mass is 9.76. The minimum Gasteiger partial charge on any atom is -0.313 e. The Labute approximate surface area is 165 Å². The van der Waals surface area contributed by atoms with E-state index in [1.54, 1.807) is 0 Å². The fraction of sp³-hybridized carbons (Fsp3) is 0.400. The first-order valence-electron chi connectivity index (χ1n) is 8.71. The topological polar surface area (TPSA) is 46.2 Å². The van der Waals surface area contributed by atoms with Crippen LogP contribution in [-0.4, -0.2) is 27.5 Å². The smallest absolute Gasteiger partial charge is 0.147 e. The Bertz CT molecular complexity index is 912. The molecule has 0 saturated carbocycles. The van der Waals surface area contributed by atoms with Gasteiger partial charge in [-0.3, -0.25) is 0 Å². The predicted molar refractivity (Wildman–Crippen MR) is 109 cm³/mol.